The lowest BCUT2D eigenvalue weighted by Gasteiger charge is -2.03. The summed E-state index contributed by atoms with van der Waals surface area (Å²) in [5, 5.41) is 14.6. The summed E-state index contributed by atoms with van der Waals surface area (Å²) in [6.45, 7) is 0. The fraction of sp³-hybridized carbons (Fsp3) is 0.273. The van der Waals surface area contributed by atoms with E-state index in [-0.39, 0.29) is 16.5 Å². The monoisotopic (exact) mass is 294 g/mol. The van der Waals surface area contributed by atoms with Crippen LogP contribution < -0.4 is 0 Å². The lowest BCUT2D eigenvalue weighted by molar-refractivity contribution is -0.385. The summed E-state index contributed by atoms with van der Waals surface area (Å²) in [7, 11) is -3.94. The van der Waals surface area contributed by atoms with Crippen molar-refractivity contribution in [3.63, 3.8) is 0 Å². The Hall–Kier alpha value is -2.29. The molecule has 0 N–H and O–H groups in total. The molecule has 0 bridgehead atoms. The summed E-state index contributed by atoms with van der Waals surface area (Å²) >= 11 is 0. The molecule has 9 heteroatoms. The molecule has 1 saturated carbocycles. The first kappa shape index (κ1) is 12.7. The van der Waals surface area contributed by atoms with Gasteiger partial charge in [0.2, 0.25) is 0 Å². The molecule has 1 aromatic carbocycles. The van der Waals surface area contributed by atoms with Gasteiger partial charge >= 0.3 is 0 Å². The highest BCUT2D eigenvalue weighted by atomic mass is 32.2. The van der Waals surface area contributed by atoms with E-state index < -0.39 is 14.9 Å². The molecule has 20 heavy (non-hydrogen) atoms. The number of non-ortho nitro benzene ring substituents is 1. The largest absolute Gasteiger partial charge is 0.284 e. The van der Waals surface area contributed by atoms with Gasteiger partial charge in [0.25, 0.3) is 15.7 Å². The SMILES string of the molecule is O=[N+]([O-])c1cccc(S(=O)(=O)n2cnc(C3CC3)n2)c1. The maximum Gasteiger partial charge on any atom is 0.284 e. The highest BCUT2D eigenvalue weighted by molar-refractivity contribution is 7.89. The number of nitro groups is 1. The second-order valence-electron chi connectivity index (χ2n) is 4.51. The zero-order valence-corrected chi connectivity index (χ0v) is 11.0. The molecule has 3 rings (SSSR count). The minimum atomic E-state index is -3.94. The predicted molar refractivity (Wildman–Crippen MR) is 67.7 cm³/mol. The second-order valence-corrected chi connectivity index (χ2v) is 6.30. The summed E-state index contributed by atoms with van der Waals surface area (Å²) in [6, 6.07) is 4.86. The summed E-state index contributed by atoms with van der Waals surface area (Å²) in [5.74, 6) is 0.732. The molecule has 1 heterocycles. The maximum atomic E-state index is 12.3. The first-order valence-corrected chi connectivity index (χ1v) is 7.34. The van der Waals surface area contributed by atoms with E-state index >= 15 is 0 Å². The first-order chi connectivity index (χ1) is 9.48. The number of hydrogen-bond acceptors (Lipinski definition) is 6. The number of benzene rings is 1. The molecule has 0 amide bonds. The molecule has 2 aromatic rings. The molecule has 0 spiro atoms. The van der Waals surface area contributed by atoms with Crippen LogP contribution in [-0.4, -0.2) is 27.5 Å². The Morgan fingerprint density at radius 2 is 2.10 bits per heavy atom. The van der Waals surface area contributed by atoms with Crippen molar-refractivity contribution < 1.29 is 13.3 Å². The third-order valence-corrected chi connectivity index (χ3v) is 4.52. The molecular formula is C11H10N4O4S. The van der Waals surface area contributed by atoms with Gasteiger partial charge in [-0.05, 0) is 18.9 Å². The highest BCUT2D eigenvalue weighted by Gasteiger charge is 2.29. The molecule has 0 unspecified atom stereocenters. The zero-order chi connectivity index (χ0) is 14.3. The number of hydrogen-bond donors (Lipinski definition) is 0. The molecule has 1 aromatic heterocycles. The first-order valence-electron chi connectivity index (χ1n) is 5.90. The van der Waals surface area contributed by atoms with Crippen LogP contribution >= 0.6 is 0 Å². The van der Waals surface area contributed by atoms with Crippen molar-refractivity contribution in [3.8, 4) is 0 Å². The summed E-state index contributed by atoms with van der Waals surface area (Å²) in [5.41, 5.74) is -0.284. The van der Waals surface area contributed by atoms with E-state index in [1.165, 1.54) is 18.2 Å². The Labute approximate surface area is 114 Å². The van der Waals surface area contributed by atoms with Gasteiger partial charge in [0.1, 0.15) is 6.33 Å². The molecule has 1 aliphatic rings. The predicted octanol–water partition coefficient (Wildman–Crippen LogP) is 1.30. The smallest absolute Gasteiger partial charge is 0.258 e. The lowest BCUT2D eigenvalue weighted by Crippen LogP contribution is -2.14. The van der Waals surface area contributed by atoms with E-state index in [1.54, 1.807) is 0 Å². The summed E-state index contributed by atoms with van der Waals surface area (Å²) in [4.78, 5) is 13.8. The Morgan fingerprint density at radius 1 is 1.35 bits per heavy atom. The quantitative estimate of drug-likeness (QED) is 0.621. The van der Waals surface area contributed by atoms with Crippen LogP contribution in [0, 0.1) is 10.1 Å². The van der Waals surface area contributed by atoms with E-state index in [4.69, 9.17) is 0 Å². The van der Waals surface area contributed by atoms with Crippen molar-refractivity contribution in [2.45, 2.75) is 23.7 Å². The number of aromatic nitrogens is 3. The van der Waals surface area contributed by atoms with Crippen LogP contribution in [-0.2, 0) is 10.0 Å². The standard InChI is InChI=1S/C11H10N4O4S/c16-15(17)9-2-1-3-10(6-9)20(18,19)14-7-12-11(13-14)8-4-5-8/h1-3,6-8H,4-5H2. The number of nitro benzene ring substituents is 1. The Bertz CT molecular complexity index is 779. The minimum absolute atomic E-state index is 0.182. The van der Waals surface area contributed by atoms with Crippen molar-refractivity contribution in [2.75, 3.05) is 0 Å². The average Bonchev–Trinajstić information content (AvgIpc) is 3.16. The van der Waals surface area contributed by atoms with E-state index in [9.17, 15) is 18.5 Å². The molecule has 1 aliphatic carbocycles. The van der Waals surface area contributed by atoms with Crippen LogP contribution in [0.15, 0.2) is 35.5 Å². The Balaban J connectivity index is 2.01. The normalized spacial score (nSPS) is 15.2. The second kappa shape index (κ2) is 4.37. The van der Waals surface area contributed by atoms with Crippen LogP contribution in [0.4, 0.5) is 5.69 Å². The number of rotatable bonds is 4. The Morgan fingerprint density at radius 3 is 2.75 bits per heavy atom. The molecule has 0 aliphatic heterocycles. The molecule has 1 fully saturated rings. The average molecular weight is 294 g/mol. The van der Waals surface area contributed by atoms with Crippen molar-refractivity contribution in [2.24, 2.45) is 0 Å². The van der Waals surface area contributed by atoms with Gasteiger partial charge in [-0.15, -0.1) is 9.19 Å². The molecular weight excluding hydrogens is 284 g/mol. The van der Waals surface area contributed by atoms with E-state index in [1.807, 2.05) is 0 Å². The minimum Gasteiger partial charge on any atom is -0.258 e. The lowest BCUT2D eigenvalue weighted by atomic mass is 10.3. The van der Waals surface area contributed by atoms with Crippen molar-refractivity contribution in [3.05, 3.63) is 46.5 Å². The topological polar surface area (TPSA) is 108 Å². The van der Waals surface area contributed by atoms with Gasteiger partial charge in [0.05, 0.1) is 9.82 Å². The molecule has 0 atom stereocenters. The molecule has 0 saturated heterocycles. The highest BCUT2D eigenvalue weighted by Crippen LogP contribution is 2.37. The van der Waals surface area contributed by atoms with Crippen LogP contribution in [0.1, 0.15) is 24.6 Å². The van der Waals surface area contributed by atoms with Crippen molar-refractivity contribution >= 4 is 15.7 Å². The summed E-state index contributed by atoms with van der Waals surface area (Å²) in [6.07, 6.45) is 3.05. The van der Waals surface area contributed by atoms with Crippen LogP contribution in [0.3, 0.4) is 0 Å². The van der Waals surface area contributed by atoms with Crippen LogP contribution in [0.5, 0.6) is 0 Å². The zero-order valence-electron chi connectivity index (χ0n) is 10.2. The van der Waals surface area contributed by atoms with Crippen LogP contribution in [0.2, 0.25) is 0 Å². The van der Waals surface area contributed by atoms with Crippen molar-refractivity contribution in [1.82, 2.24) is 14.2 Å². The van der Waals surface area contributed by atoms with E-state index in [0.29, 0.717) is 5.82 Å². The molecule has 104 valence electrons. The van der Waals surface area contributed by atoms with Gasteiger partial charge in [-0.2, -0.15) is 8.42 Å². The Kier molecular flexibility index (Phi) is 2.78. The fourth-order valence-corrected chi connectivity index (χ4v) is 2.87. The molecule has 0 radical (unpaired) electrons. The third-order valence-electron chi connectivity index (χ3n) is 3.00. The van der Waals surface area contributed by atoms with Gasteiger partial charge in [0, 0.05) is 18.1 Å². The van der Waals surface area contributed by atoms with Gasteiger partial charge in [-0.3, -0.25) is 10.1 Å². The summed E-state index contributed by atoms with van der Waals surface area (Å²) < 4.78 is 25.4. The van der Waals surface area contributed by atoms with Crippen molar-refractivity contribution in [1.29, 1.82) is 0 Å². The van der Waals surface area contributed by atoms with Crippen LogP contribution in [0.25, 0.3) is 0 Å². The van der Waals surface area contributed by atoms with Gasteiger partial charge < -0.3 is 0 Å². The maximum absolute atomic E-state index is 12.3. The van der Waals surface area contributed by atoms with Gasteiger partial charge in [-0.25, -0.2) is 4.98 Å². The fourth-order valence-electron chi connectivity index (χ4n) is 1.77. The van der Waals surface area contributed by atoms with Gasteiger partial charge in [-0.1, -0.05) is 6.07 Å². The third kappa shape index (κ3) is 2.16. The van der Waals surface area contributed by atoms with Gasteiger partial charge in [0.15, 0.2) is 5.82 Å². The van der Waals surface area contributed by atoms with E-state index in [0.717, 1.165) is 29.3 Å². The molecule has 8 nitrogen and oxygen atoms in total. The van der Waals surface area contributed by atoms with E-state index in [2.05, 4.69) is 10.1 Å². The number of nitrogens with zero attached hydrogens (tertiary/aromatic N) is 4.